The Bertz CT molecular complexity index is 1070. The monoisotopic (exact) mass is 418 g/mol. The molecule has 3 rings (SSSR count). The standard InChI is InChI=1S/C20H19ClN2O4S/c21-19-10-7-15(13-22-19)14-27-20(24)6-3-11-23-28(25,26)18-9-8-16-4-1-2-5-17(16)12-18/h1-2,4-5,7-10,12-13,23H,3,6,11,14H2. The maximum absolute atomic E-state index is 12.4. The third-order valence-electron chi connectivity index (χ3n) is 4.07. The molecular formula is C20H19ClN2O4S. The second-order valence-corrected chi connectivity index (χ2v) is 8.31. The van der Waals surface area contributed by atoms with Crippen LogP contribution in [0.1, 0.15) is 18.4 Å². The number of carbonyl (C=O) groups is 1. The first kappa shape index (κ1) is 20.3. The maximum atomic E-state index is 12.4. The summed E-state index contributed by atoms with van der Waals surface area (Å²) in [6.07, 6.45) is 1.99. The number of hydrogen-bond acceptors (Lipinski definition) is 5. The smallest absolute Gasteiger partial charge is 0.306 e. The fourth-order valence-corrected chi connectivity index (χ4v) is 3.81. The van der Waals surface area contributed by atoms with Gasteiger partial charge in [0.05, 0.1) is 4.90 Å². The summed E-state index contributed by atoms with van der Waals surface area (Å²) in [5.74, 6) is -0.403. The Morgan fingerprint density at radius 2 is 1.86 bits per heavy atom. The van der Waals surface area contributed by atoms with Crippen molar-refractivity contribution in [2.75, 3.05) is 6.54 Å². The van der Waals surface area contributed by atoms with Gasteiger partial charge in [0.25, 0.3) is 0 Å². The molecule has 146 valence electrons. The summed E-state index contributed by atoms with van der Waals surface area (Å²) >= 11 is 5.69. The van der Waals surface area contributed by atoms with Crippen molar-refractivity contribution in [3.8, 4) is 0 Å². The van der Waals surface area contributed by atoms with E-state index in [-0.39, 0.29) is 24.5 Å². The predicted octanol–water partition coefficient (Wildman–Crippen LogP) is 3.69. The summed E-state index contributed by atoms with van der Waals surface area (Å²) in [4.78, 5) is 15.9. The molecule has 0 bridgehead atoms. The number of halogens is 1. The number of fused-ring (bicyclic) bond motifs is 1. The lowest BCUT2D eigenvalue weighted by molar-refractivity contribution is -0.145. The maximum Gasteiger partial charge on any atom is 0.306 e. The van der Waals surface area contributed by atoms with E-state index in [0.29, 0.717) is 11.6 Å². The van der Waals surface area contributed by atoms with Crippen LogP contribution in [0.25, 0.3) is 10.8 Å². The number of pyridine rings is 1. The highest BCUT2D eigenvalue weighted by Crippen LogP contribution is 2.18. The lowest BCUT2D eigenvalue weighted by Crippen LogP contribution is -2.25. The van der Waals surface area contributed by atoms with Crippen LogP contribution in [-0.4, -0.2) is 25.9 Å². The zero-order chi connectivity index (χ0) is 20.0. The van der Waals surface area contributed by atoms with Crippen LogP contribution in [0, 0.1) is 0 Å². The zero-order valence-corrected chi connectivity index (χ0v) is 16.5. The highest BCUT2D eigenvalue weighted by Gasteiger charge is 2.14. The number of hydrogen-bond donors (Lipinski definition) is 1. The molecule has 0 saturated heterocycles. The van der Waals surface area contributed by atoms with E-state index in [1.54, 1.807) is 30.3 Å². The SMILES string of the molecule is O=C(CCCNS(=O)(=O)c1ccc2ccccc2c1)OCc1ccc(Cl)nc1. The molecule has 0 spiro atoms. The lowest BCUT2D eigenvalue weighted by Gasteiger charge is -2.08. The van der Waals surface area contributed by atoms with Crippen LogP contribution in [0.2, 0.25) is 5.15 Å². The highest BCUT2D eigenvalue weighted by molar-refractivity contribution is 7.89. The van der Waals surface area contributed by atoms with Gasteiger partial charge in [-0.15, -0.1) is 0 Å². The summed E-state index contributed by atoms with van der Waals surface area (Å²) in [7, 11) is -3.63. The van der Waals surface area contributed by atoms with E-state index in [1.807, 2.05) is 24.3 Å². The molecule has 8 heteroatoms. The Balaban J connectivity index is 1.45. The van der Waals surface area contributed by atoms with Gasteiger partial charge < -0.3 is 4.74 Å². The zero-order valence-electron chi connectivity index (χ0n) is 15.0. The van der Waals surface area contributed by atoms with Gasteiger partial charge in [-0.2, -0.15) is 0 Å². The molecule has 0 aliphatic carbocycles. The van der Waals surface area contributed by atoms with Crippen LogP contribution in [0.5, 0.6) is 0 Å². The lowest BCUT2D eigenvalue weighted by atomic mass is 10.1. The number of nitrogens with zero attached hydrogens (tertiary/aromatic N) is 1. The average molecular weight is 419 g/mol. The highest BCUT2D eigenvalue weighted by atomic mass is 35.5. The van der Waals surface area contributed by atoms with Crippen molar-refractivity contribution in [2.24, 2.45) is 0 Å². The van der Waals surface area contributed by atoms with E-state index >= 15 is 0 Å². The van der Waals surface area contributed by atoms with Gasteiger partial charge in [-0.25, -0.2) is 18.1 Å². The molecular weight excluding hydrogens is 400 g/mol. The van der Waals surface area contributed by atoms with Crippen molar-refractivity contribution in [1.29, 1.82) is 0 Å². The van der Waals surface area contributed by atoms with Gasteiger partial charge in [0, 0.05) is 24.7 Å². The van der Waals surface area contributed by atoms with Crippen molar-refractivity contribution < 1.29 is 17.9 Å². The Kier molecular flexibility index (Phi) is 6.61. The second-order valence-electron chi connectivity index (χ2n) is 6.16. The summed E-state index contributed by atoms with van der Waals surface area (Å²) in [5.41, 5.74) is 0.731. The number of carbonyl (C=O) groups excluding carboxylic acids is 1. The molecule has 0 amide bonds. The number of aromatic nitrogens is 1. The normalized spacial score (nSPS) is 11.5. The van der Waals surface area contributed by atoms with Gasteiger partial charge in [-0.3, -0.25) is 4.79 Å². The van der Waals surface area contributed by atoms with Gasteiger partial charge in [0.15, 0.2) is 0 Å². The molecule has 1 heterocycles. The van der Waals surface area contributed by atoms with Gasteiger partial charge >= 0.3 is 5.97 Å². The summed E-state index contributed by atoms with van der Waals surface area (Å²) in [6, 6.07) is 15.9. The summed E-state index contributed by atoms with van der Waals surface area (Å²) in [6.45, 7) is 0.249. The molecule has 0 radical (unpaired) electrons. The van der Waals surface area contributed by atoms with Gasteiger partial charge in [0.2, 0.25) is 10.0 Å². The van der Waals surface area contributed by atoms with Crippen LogP contribution in [0.3, 0.4) is 0 Å². The average Bonchev–Trinajstić information content (AvgIpc) is 2.70. The van der Waals surface area contributed by atoms with Crippen LogP contribution < -0.4 is 4.72 Å². The molecule has 0 aliphatic heterocycles. The van der Waals surface area contributed by atoms with Crippen LogP contribution in [-0.2, 0) is 26.2 Å². The molecule has 6 nitrogen and oxygen atoms in total. The second kappa shape index (κ2) is 9.14. The molecule has 28 heavy (non-hydrogen) atoms. The number of nitrogens with one attached hydrogen (secondary N) is 1. The van der Waals surface area contributed by atoms with Crippen molar-refractivity contribution >= 4 is 38.4 Å². The quantitative estimate of drug-likeness (QED) is 0.342. The molecule has 3 aromatic rings. The number of benzene rings is 2. The third kappa shape index (κ3) is 5.51. The predicted molar refractivity (Wildman–Crippen MR) is 107 cm³/mol. The van der Waals surface area contributed by atoms with Crippen LogP contribution in [0.15, 0.2) is 65.7 Å². The Hall–Kier alpha value is -2.48. The number of ether oxygens (including phenoxy) is 1. The largest absolute Gasteiger partial charge is 0.461 e. The summed E-state index contributed by atoms with van der Waals surface area (Å²) < 4.78 is 32.5. The van der Waals surface area contributed by atoms with E-state index in [9.17, 15) is 13.2 Å². The fourth-order valence-electron chi connectivity index (χ4n) is 2.58. The van der Waals surface area contributed by atoms with Crippen LogP contribution >= 0.6 is 11.6 Å². The first-order chi connectivity index (χ1) is 13.4. The Morgan fingerprint density at radius 3 is 2.61 bits per heavy atom. The molecule has 0 aliphatic rings. The molecule has 1 N–H and O–H groups in total. The molecule has 0 fully saturated rings. The van der Waals surface area contributed by atoms with Crippen molar-refractivity contribution in [3.05, 3.63) is 71.5 Å². The minimum Gasteiger partial charge on any atom is -0.461 e. The van der Waals surface area contributed by atoms with Crippen molar-refractivity contribution in [1.82, 2.24) is 9.71 Å². The number of esters is 1. The molecule has 0 saturated carbocycles. The van der Waals surface area contributed by atoms with E-state index < -0.39 is 16.0 Å². The molecule has 0 atom stereocenters. The molecule has 0 unspecified atom stereocenters. The van der Waals surface area contributed by atoms with E-state index in [4.69, 9.17) is 16.3 Å². The number of sulfonamides is 1. The van der Waals surface area contributed by atoms with E-state index in [1.165, 1.54) is 6.20 Å². The fraction of sp³-hybridized carbons (Fsp3) is 0.200. The third-order valence-corrected chi connectivity index (χ3v) is 5.75. The Morgan fingerprint density at radius 1 is 1.07 bits per heavy atom. The van der Waals surface area contributed by atoms with Crippen LogP contribution in [0.4, 0.5) is 0 Å². The van der Waals surface area contributed by atoms with Crippen molar-refractivity contribution in [2.45, 2.75) is 24.3 Å². The molecule has 1 aromatic heterocycles. The Labute approximate surface area is 168 Å². The van der Waals surface area contributed by atoms with E-state index in [2.05, 4.69) is 9.71 Å². The van der Waals surface area contributed by atoms with Gasteiger partial charge in [-0.05, 0) is 35.4 Å². The van der Waals surface area contributed by atoms with Gasteiger partial charge in [0.1, 0.15) is 11.8 Å². The minimum atomic E-state index is -3.63. The number of rotatable bonds is 8. The van der Waals surface area contributed by atoms with E-state index in [0.717, 1.165) is 16.3 Å². The topological polar surface area (TPSA) is 85.4 Å². The first-order valence-electron chi connectivity index (χ1n) is 8.68. The first-order valence-corrected chi connectivity index (χ1v) is 10.5. The summed E-state index contributed by atoms with van der Waals surface area (Å²) in [5, 5.41) is 2.19. The van der Waals surface area contributed by atoms with Crippen molar-refractivity contribution in [3.63, 3.8) is 0 Å². The van der Waals surface area contributed by atoms with Gasteiger partial charge in [-0.1, -0.05) is 48.0 Å². The minimum absolute atomic E-state index is 0.103. The molecule has 2 aromatic carbocycles.